The molecular weight excluding hydrogens is 710 g/mol. The van der Waals surface area contributed by atoms with Gasteiger partial charge in [-0.15, -0.1) is 0 Å². The average Bonchev–Trinajstić information content (AvgIpc) is 3.54. The average molecular weight is 751 g/mol. The molecule has 0 radical (unpaired) electrons. The van der Waals surface area contributed by atoms with Gasteiger partial charge in [0.25, 0.3) is 5.56 Å². The number of rotatable bonds is 7. The zero-order valence-electron chi connectivity index (χ0n) is 30.0. The minimum atomic E-state index is -0.736. The molecule has 3 aromatic carbocycles. The van der Waals surface area contributed by atoms with Crippen LogP contribution in [0.2, 0.25) is 0 Å². The van der Waals surface area contributed by atoms with Crippen molar-refractivity contribution in [3.8, 4) is 17.6 Å². The zero-order valence-corrected chi connectivity index (χ0v) is 30.0. The maximum atomic E-state index is 15.2. The van der Waals surface area contributed by atoms with Crippen LogP contribution < -0.4 is 31.6 Å². The predicted octanol–water partition coefficient (Wildman–Crippen LogP) is 4.60. The number of amides is 2. The van der Waals surface area contributed by atoms with Crippen molar-refractivity contribution in [2.75, 3.05) is 48.7 Å². The van der Waals surface area contributed by atoms with E-state index in [1.165, 1.54) is 18.2 Å². The Hall–Kier alpha value is -5.59. The summed E-state index contributed by atoms with van der Waals surface area (Å²) in [5.74, 6) is -1.86. The van der Waals surface area contributed by atoms with Crippen molar-refractivity contribution in [1.29, 1.82) is 5.26 Å². The molecule has 2 atom stereocenters. The standard InChI is InChI=1S/C40H40F2N8O5/c41-29-3-4-31(44)28(16-43)36(29)55-26-2-5-32-27(14-26)38(53)50(22-45-32)25-15-40(54-17-25)11-9-24(10-12-40)48-18-39(19-48)20-49(21-39)34-7-1-23(13-30(34)42)46-33-6-8-35(51)47-37(33)52/h1-5,7,13-14,22,24-25,33,46H,6,8-12,15,17-21,44H2,(H,47,51,52). The van der Waals surface area contributed by atoms with Gasteiger partial charge in [-0.25, -0.2) is 13.8 Å². The quantitative estimate of drug-likeness (QED) is 0.178. The second kappa shape index (κ2) is 13.3. The minimum Gasteiger partial charge on any atom is -0.453 e. The fourth-order valence-corrected chi connectivity index (χ4v) is 9.28. The predicted molar refractivity (Wildman–Crippen MR) is 199 cm³/mol. The third-order valence-electron chi connectivity index (χ3n) is 12.2. The zero-order chi connectivity index (χ0) is 38.1. The normalized spacial score (nSPS) is 26.1. The molecular formula is C40H40F2N8O5. The van der Waals surface area contributed by atoms with Crippen molar-refractivity contribution in [2.45, 2.75) is 68.7 Å². The molecule has 2 spiro atoms. The van der Waals surface area contributed by atoms with Crippen LogP contribution in [0.3, 0.4) is 0 Å². The van der Waals surface area contributed by atoms with Gasteiger partial charge in [0.05, 0.1) is 46.9 Å². The Kier molecular flexibility index (Phi) is 8.50. The number of piperidine rings is 1. The van der Waals surface area contributed by atoms with Crippen LogP contribution >= 0.6 is 0 Å². The van der Waals surface area contributed by atoms with Crippen LogP contribution in [-0.4, -0.2) is 76.7 Å². The molecule has 55 heavy (non-hydrogen) atoms. The summed E-state index contributed by atoms with van der Waals surface area (Å²) in [5.41, 5.74) is 6.98. The van der Waals surface area contributed by atoms with Gasteiger partial charge in [-0.05, 0) is 87.1 Å². The number of carbonyl (C=O) groups is 2. The lowest BCUT2D eigenvalue weighted by atomic mass is 9.70. The van der Waals surface area contributed by atoms with E-state index in [1.807, 2.05) is 6.07 Å². The number of hydrogen-bond acceptors (Lipinski definition) is 11. The number of nitrogen functional groups attached to an aromatic ring is 1. The number of nitrogens with one attached hydrogen (secondary N) is 2. The molecule has 2 amide bonds. The first-order valence-corrected chi connectivity index (χ1v) is 18.7. The topological polar surface area (TPSA) is 168 Å². The van der Waals surface area contributed by atoms with E-state index in [4.69, 9.17) is 15.2 Å². The maximum Gasteiger partial charge on any atom is 0.261 e. The molecule has 1 aromatic heterocycles. The van der Waals surface area contributed by atoms with E-state index in [-0.39, 0.29) is 69.4 Å². The smallest absolute Gasteiger partial charge is 0.261 e. The number of likely N-dealkylation sites (tertiary alicyclic amines) is 1. The number of fused-ring (bicyclic) bond motifs is 1. The minimum absolute atomic E-state index is 0.0911. The number of ether oxygens (including phenoxy) is 2. The third-order valence-corrected chi connectivity index (χ3v) is 12.2. The molecule has 4 aromatic rings. The van der Waals surface area contributed by atoms with Crippen molar-refractivity contribution in [2.24, 2.45) is 5.41 Å². The number of halogens is 2. The maximum absolute atomic E-state index is 15.2. The number of nitriles is 1. The SMILES string of the molecule is N#Cc1c(N)ccc(F)c1Oc1ccc2ncn(C3COC4(CCC(N5CC6(CN(c7ccc(NC8CCC(=O)NC8=O)cc7F)C6)C5)CC4)C3)c(=O)c2c1. The molecule has 1 saturated carbocycles. The number of carbonyl (C=O) groups excluding carboxylic acids is 2. The van der Waals surface area contributed by atoms with Crippen LogP contribution in [0.1, 0.15) is 56.6 Å². The van der Waals surface area contributed by atoms with Gasteiger partial charge in [0.1, 0.15) is 29.2 Å². The summed E-state index contributed by atoms with van der Waals surface area (Å²) in [4.78, 5) is 46.4. The van der Waals surface area contributed by atoms with Crippen LogP contribution in [0.15, 0.2) is 59.7 Å². The molecule has 13 nitrogen and oxygen atoms in total. The third kappa shape index (κ3) is 6.32. The second-order valence-corrected chi connectivity index (χ2v) is 15.8. The van der Waals surface area contributed by atoms with Crippen molar-refractivity contribution < 1.29 is 27.8 Å². The van der Waals surface area contributed by atoms with E-state index in [2.05, 4.69) is 25.4 Å². The van der Waals surface area contributed by atoms with Gasteiger partial charge in [-0.3, -0.25) is 29.2 Å². The summed E-state index contributed by atoms with van der Waals surface area (Å²) < 4.78 is 43.6. The molecule has 4 N–H and O–H groups in total. The molecule has 5 heterocycles. The van der Waals surface area contributed by atoms with Crippen molar-refractivity contribution in [1.82, 2.24) is 19.8 Å². The van der Waals surface area contributed by atoms with Gasteiger partial charge in [-0.1, -0.05) is 0 Å². The first-order chi connectivity index (χ1) is 26.5. The molecule has 15 heteroatoms. The molecule has 9 rings (SSSR count). The fraction of sp³-hybridized carbons (Fsp3) is 0.425. The van der Waals surface area contributed by atoms with Gasteiger partial charge in [0.2, 0.25) is 11.8 Å². The highest BCUT2D eigenvalue weighted by atomic mass is 19.1. The van der Waals surface area contributed by atoms with Crippen LogP contribution in [0.25, 0.3) is 10.9 Å². The van der Waals surface area contributed by atoms with Gasteiger partial charge in [0.15, 0.2) is 11.6 Å². The van der Waals surface area contributed by atoms with Crippen molar-refractivity contribution >= 4 is 39.8 Å². The fourth-order valence-electron chi connectivity index (χ4n) is 9.28. The Morgan fingerprint density at radius 1 is 0.982 bits per heavy atom. The first kappa shape index (κ1) is 35.1. The Morgan fingerprint density at radius 2 is 1.78 bits per heavy atom. The number of nitrogens with zero attached hydrogens (tertiary/aromatic N) is 5. The van der Waals surface area contributed by atoms with Gasteiger partial charge >= 0.3 is 0 Å². The number of aromatic nitrogens is 2. The van der Waals surface area contributed by atoms with Crippen LogP contribution in [0, 0.1) is 28.4 Å². The summed E-state index contributed by atoms with van der Waals surface area (Å²) in [6.07, 6.45) is 6.70. The number of benzene rings is 3. The largest absolute Gasteiger partial charge is 0.453 e. The molecule has 284 valence electrons. The summed E-state index contributed by atoms with van der Waals surface area (Å²) in [7, 11) is 0. The summed E-state index contributed by atoms with van der Waals surface area (Å²) in [5, 5.41) is 15.2. The van der Waals surface area contributed by atoms with E-state index in [0.717, 1.165) is 57.9 Å². The monoisotopic (exact) mass is 750 g/mol. The first-order valence-electron chi connectivity index (χ1n) is 18.7. The number of hydrogen-bond donors (Lipinski definition) is 3. The highest BCUT2D eigenvalue weighted by Crippen LogP contribution is 2.48. The van der Waals surface area contributed by atoms with E-state index in [1.54, 1.807) is 35.2 Å². The summed E-state index contributed by atoms with van der Waals surface area (Å²) in [6, 6.07) is 13.7. The van der Waals surface area contributed by atoms with E-state index in [0.29, 0.717) is 47.8 Å². The summed E-state index contributed by atoms with van der Waals surface area (Å²) in [6.45, 7) is 3.95. The Labute approximate surface area is 315 Å². The van der Waals surface area contributed by atoms with Crippen LogP contribution in [0.4, 0.5) is 25.8 Å². The van der Waals surface area contributed by atoms with Crippen LogP contribution in [0.5, 0.6) is 11.5 Å². The highest BCUT2D eigenvalue weighted by molar-refractivity contribution is 6.01. The van der Waals surface area contributed by atoms with Gasteiger partial charge < -0.3 is 25.4 Å². The number of imide groups is 1. The lowest BCUT2D eigenvalue weighted by Gasteiger charge is -2.63. The van der Waals surface area contributed by atoms with E-state index >= 15 is 4.39 Å². The molecule has 4 aliphatic heterocycles. The second-order valence-electron chi connectivity index (χ2n) is 15.8. The molecule has 4 saturated heterocycles. The number of nitrogens with two attached hydrogens (primary N) is 1. The molecule has 0 bridgehead atoms. The van der Waals surface area contributed by atoms with E-state index < -0.39 is 11.9 Å². The molecule has 5 aliphatic rings. The Morgan fingerprint density at radius 3 is 2.53 bits per heavy atom. The van der Waals surface area contributed by atoms with Crippen LogP contribution in [-0.2, 0) is 14.3 Å². The van der Waals surface area contributed by atoms with Gasteiger partial charge in [-0.2, -0.15) is 5.26 Å². The van der Waals surface area contributed by atoms with E-state index in [9.17, 15) is 24.0 Å². The lowest BCUT2D eigenvalue weighted by molar-refractivity contribution is -0.133. The van der Waals surface area contributed by atoms with Crippen molar-refractivity contribution in [3.05, 3.63) is 82.4 Å². The number of anilines is 3. The molecule has 2 unspecified atom stereocenters. The highest BCUT2D eigenvalue weighted by Gasteiger charge is 2.55. The Balaban J connectivity index is 0.782. The lowest BCUT2D eigenvalue weighted by Crippen LogP contribution is -2.74. The molecule has 1 aliphatic carbocycles. The molecule has 5 fully saturated rings. The van der Waals surface area contributed by atoms with Gasteiger partial charge in [0, 0.05) is 49.7 Å². The summed E-state index contributed by atoms with van der Waals surface area (Å²) >= 11 is 0. The van der Waals surface area contributed by atoms with Crippen molar-refractivity contribution in [3.63, 3.8) is 0 Å². The Bertz CT molecular complexity index is 2320.